The molecule has 1 N–H and O–H groups in total. The maximum absolute atomic E-state index is 10.9. The lowest BCUT2D eigenvalue weighted by Crippen LogP contribution is -2.33. The van der Waals surface area contributed by atoms with Gasteiger partial charge in [0.2, 0.25) is 0 Å². The van der Waals surface area contributed by atoms with E-state index in [0.717, 1.165) is 31.6 Å². The fourth-order valence-electron chi connectivity index (χ4n) is 2.88. The van der Waals surface area contributed by atoms with Crippen molar-refractivity contribution in [2.24, 2.45) is 11.8 Å². The molecule has 0 unspecified atom stereocenters. The van der Waals surface area contributed by atoms with Gasteiger partial charge in [-0.25, -0.2) is 0 Å². The van der Waals surface area contributed by atoms with E-state index in [9.17, 15) is 4.79 Å². The highest BCUT2D eigenvalue weighted by atomic mass is 16.4. The van der Waals surface area contributed by atoms with Gasteiger partial charge in [0.25, 0.3) is 0 Å². The van der Waals surface area contributed by atoms with E-state index in [1.165, 1.54) is 32.5 Å². The van der Waals surface area contributed by atoms with Crippen molar-refractivity contribution in [3.63, 3.8) is 0 Å². The first-order valence-electron chi connectivity index (χ1n) is 7.12. The minimum Gasteiger partial charge on any atom is -0.481 e. The van der Waals surface area contributed by atoms with Crippen molar-refractivity contribution in [2.45, 2.75) is 52.4 Å². The van der Waals surface area contributed by atoms with E-state index < -0.39 is 5.97 Å². The van der Waals surface area contributed by atoms with E-state index in [1.54, 1.807) is 0 Å². The molecule has 1 aliphatic rings. The average molecular weight is 241 g/mol. The van der Waals surface area contributed by atoms with Crippen LogP contribution in [0, 0.1) is 11.8 Å². The van der Waals surface area contributed by atoms with E-state index in [1.807, 2.05) is 0 Å². The molecule has 0 heterocycles. The van der Waals surface area contributed by atoms with Crippen LogP contribution in [0.5, 0.6) is 0 Å². The Morgan fingerprint density at radius 1 is 1.12 bits per heavy atom. The summed E-state index contributed by atoms with van der Waals surface area (Å²) in [7, 11) is 0. The Bertz CT molecular complexity index is 216. The Kier molecular flexibility index (Phi) is 6.56. The van der Waals surface area contributed by atoms with E-state index in [-0.39, 0.29) is 5.92 Å². The molecule has 0 aliphatic heterocycles. The van der Waals surface area contributed by atoms with Gasteiger partial charge in [-0.15, -0.1) is 0 Å². The van der Waals surface area contributed by atoms with Gasteiger partial charge >= 0.3 is 5.97 Å². The van der Waals surface area contributed by atoms with Crippen LogP contribution in [0.3, 0.4) is 0 Å². The van der Waals surface area contributed by atoms with Crippen LogP contribution < -0.4 is 0 Å². The zero-order chi connectivity index (χ0) is 12.7. The van der Waals surface area contributed by atoms with Gasteiger partial charge in [0.05, 0.1) is 5.92 Å². The van der Waals surface area contributed by atoms with Gasteiger partial charge in [-0.3, -0.25) is 4.79 Å². The van der Waals surface area contributed by atoms with Gasteiger partial charge in [-0.1, -0.05) is 13.8 Å². The molecular formula is C14H27NO2. The molecule has 0 atom stereocenters. The Hall–Kier alpha value is -0.570. The number of nitrogens with zero attached hydrogens (tertiary/aromatic N) is 1. The first kappa shape index (κ1) is 14.5. The van der Waals surface area contributed by atoms with E-state index in [2.05, 4.69) is 18.7 Å². The Balaban J connectivity index is 2.30. The molecule has 1 rings (SSSR count). The predicted octanol–water partition coefficient (Wildman–Crippen LogP) is 3.00. The lowest BCUT2D eigenvalue weighted by Gasteiger charge is -2.31. The topological polar surface area (TPSA) is 40.5 Å². The van der Waals surface area contributed by atoms with Crippen molar-refractivity contribution in [1.82, 2.24) is 4.90 Å². The summed E-state index contributed by atoms with van der Waals surface area (Å²) in [4.78, 5) is 13.4. The van der Waals surface area contributed by atoms with Crippen LogP contribution in [0.15, 0.2) is 0 Å². The van der Waals surface area contributed by atoms with Crippen molar-refractivity contribution >= 4 is 5.97 Å². The quantitative estimate of drug-likeness (QED) is 0.745. The predicted molar refractivity (Wildman–Crippen MR) is 70.1 cm³/mol. The van der Waals surface area contributed by atoms with Crippen LogP contribution in [0.1, 0.15) is 52.4 Å². The van der Waals surface area contributed by atoms with Crippen LogP contribution in [-0.4, -0.2) is 35.6 Å². The second-order valence-corrected chi connectivity index (χ2v) is 5.36. The maximum Gasteiger partial charge on any atom is 0.306 e. The molecular weight excluding hydrogens is 214 g/mol. The summed E-state index contributed by atoms with van der Waals surface area (Å²) in [6, 6.07) is 0. The van der Waals surface area contributed by atoms with Crippen LogP contribution in [0.25, 0.3) is 0 Å². The molecule has 100 valence electrons. The molecule has 0 bridgehead atoms. The van der Waals surface area contributed by atoms with Crippen LogP contribution in [0.4, 0.5) is 0 Å². The molecule has 0 amide bonds. The van der Waals surface area contributed by atoms with E-state index >= 15 is 0 Å². The number of hydrogen-bond donors (Lipinski definition) is 1. The van der Waals surface area contributed by atoms with Gasteiger partial charge in [0.15, 0.2) is 0 Å². The standard InChI is InChI=1S/C14H27NO2/c1-3-9-15(10-4-2)11-12-5-7-13(8-6-12)14(16)17/h12-13H,3-11H2,1-2H3,(H,16,17). The summed E-state index contributed by atoms with van der Waals surface area (Å²) < 4.78 is 0. The Morgan fingerprint density at radius 3 is 2.06 bits per heavy atom. The lowest BCUT2D eigenvalue weighted by molar-refractivity contribution is -0.143. The van der Waals surface area contributed by atoms with Crippen LogP contribution in [0.2, 0.25) is 0 Å². The fraction of sp³-hybridized carbons (Fsp3) is 0.929. The monoisotopic (exact) mass is 241 g/mol. The minimum absolute atomic E-state index is 0.0722. The molecule has 0 spiro atoms. The number of carboxylic acids is 1. The van der Waals surface area contributed by atoms with Gasteiger partial charge < -0.3 is 10.0 Å². The number of hydrogen-bond acceptors (Lipinski definition) is 2. The summed E-state index contributed by atoms with van der Waals surface area (Å²) in [6.07, 6.45) is 6.38. The Morgan fingerprint density at radius 2 is 1.65 bits per heavy atom. The summed E-state index contributed by atoms with van der Waals surface area (Å²) in [5.74, 6) is 0.0585. The van der Waals surface area contributed by atoms with E-state index in [0.29, 0.717) is 0 Å². The smallest absolute Gasteiger partial charge is 0.306 e. The lowest BCUT2D eigenvalue weighted by atomic mass is 9.82. The van der Waals surface area contributed by atoms with Crippen molar-refractivity contribution in [1.29, 1.82) is 0 Å². The highest BCUT2D eigenvalue weighted by Crippen LogP contribution is 2.29. The highest BCUT2D eigenvalue weighted by Gasteiger charge is 2.26. The van der Waals surface area contributed by atoms with Crippen molar-refractivity contribution in [2.75, 3.05) is 19.6 Å². The number of carbonyl (C=O) groups is 1. The normalized spacial score (nSPS) is 25.1. The summed E-state index contributed by atoms with van der Waals surface area (Å²) in [5.41, 5.74) is 0. The third-order valence-electron chi connectivity index (χ3n) is 3.79. The molecule has 0 radical (unpaired) electrons. The molecule has 0 aromatic heterocycles. The summed E-state index contributed by atoms with van der Waals surface area (Å²) >= 11 is 0. The number of rotatable bonds is 7. The Labute approximate surface area is 105 Å². The van der Waals surface area contributed by atoms with Gasteiger partial charge in [0, 0.05) is 6.54 Å². The van der Waals surface area contributed by atoms with Crippen LogP contribution >= 0.6 is 0 Å². The molecule has 0 aromatic rings. The minimum atomic E-state index is -0.595. The molecule has 1 aliphatic carbocycles. The largest absolute Gasteiger partial charge is 0.481 e. The van der Waals surface area contributed by atoms with Gasteiger partial charge in [0.1, 0.15) is 0 Å². The van der Waals surface area contributed by atoms with Crippen molar-refractivity contribution < 1.29 is 9.90 Å². The molecule has 1 fully saturated rings. The molecule has 3 heteroatoms. The van der Waals surface area contributed by atoms with Crippen LogP contribution in [-0.2, 0) is 4.79 Å². The SMILES string of the molecule is CCCN(CCC)CC1CCC(C(=O)O)CC1. The van der Waals surface area contributed by atoms with Gasteiger partial charge in [-0.05, 0) is 57.5 Å². The fourth-order valence-corrected chi connectivity index (χ4v) is 2.88. The molecule has 1 saturated carbocycles. The molecule has 0 saturated heterocycles. The van der Waals surface area contributed by atoms with Crippen molar-refractivity contribution in [3.8, 4) is 0 Å². The summed E-state index contributed by atoms with van der Waals surface area (Å²) in [5, 5.41) is 8.96. The second kappa shape index (κ2) is 7.70. The summed E-state index contributed by atoms with van der Waals surface area (Å²) in [6.45, 7) is 8.00. The molecule has 17 heavy (non-hydrogen) atoms. The first-order valence-corrected chi connectivity index (χ1v) is 7.12. The average Bonchev–Trinajstić information content (AvgIpc) is 2.30. The number of aliphatic carboxylic acids is 1. The molecule has 3 nitrogen and oxygen atoms in total. The number of carboxylic acid groups (broad SMARTS) is 1. The maximum atomic E-state index is 10.9. The zero-order valence-electron chi connectivity index (χ0n) is 11.3. The van der Waals surface area contributed by atoms with Gasteiger partial charge in [-0.2, -0.15) is 0 Å². The van der Waals surface area contributed by atoms with E-state index in [4.69, 9.17) is 5.11 Å². The molecule has 0 aromatic carbocycles. The second-order valence-electron chi connectivity index (χ2n) is 5.36. The van der Waals surface area contributed by atoms with Crippen molar-refractivity contribution in [3.05, 3.63) is 0 Å². The first-order chi connectivity index (χ1) is 8.17. The zero-order valence-corrected chi connectivity index (χ0v) is 11.3. The highest BCUT2D eigenvalue weighted by molar-refractivity contribution is 5.69. The third-order valence-corrected chi connectivity index (χ3v) is 3.79. The third kappa shape index (κ3) is 5.07.